The van der Waals surface area contributed by atoms with E-state index < -0.39 is 0 Å². The van der Waals surface area contributed by atoms with Crippen LogP contribution in [0.1, 0.15) is 55.6 Å². The highest BCUT2D eigenvalue weighted by Crippen LogP contribution is 2.47. The van der Waals surface area contributed by atoms with E-state index in [1.165, 1.54) is 50.3 Å². The molecule has 0 radical (unpaired) electrons. The lowest BCUT2D eigenvalue weighted by molar-refractivity contribution is 0.224. The van der Waals surface area contributed by atoms with Crippen LogP contribution in [0.25, 0.3) is 0 Å². The van der Waals surface area contributed by atoms with Gasteiger partial charge in [-0.3, -0.25) is 0 Å². The predicted molar refractivity (Wildman–Crippen MR) is 113 cm³/mol. The Morgan fingerprint density at radius 1 is 1.24 bits per heavy atom. The second kappa shape index (κ2) is 8.47. The summed E-state index contributed by atoms with van der Waals surface area (Å²) in [6.45, 7) is 3.69. The van der Waals surface area contributed by atoms with Crippen molar-refractivity contribution in [1.29, 1.82) is 5.26 Å². The van der Waals surface area contributed by atoms with Crippen LogP contribution in [-0.2, 0) is 6.61 Å². The standard InChI is InChI=1S/C21H24ClN5OS/c1-14-20(29-17-4-9-24-15(12-23)18(17)22)26-16(13-28)19(25-14)27-10-7-21(8-11-27)5-2-3-6-21/h4,9,28H,2-3,5-8,10-11,13H2,1H3. The van der Waals surface area contributed by atoms with Crippen molar-refractivity contribution in [2.45, 2.75) is 62.0 Å². The van der Waals surface area contributed by atoms with Gasteiger partial charge in [-0.1, -0.05) is 36.2 Å². The zero-order valence-electron chi connectivity index (χ0n) is 16.5. The average Bonchev–Trinajstić information content (AvgIpc) is 3.19. The highest BCUT2D eigenvalue weighted by atomic mass is 35.5. The third-order valence-electron chi connectivity index (χ3n) is 6.18. The van der Waals surface area contributed by atoms with Crippen LogP contribution in [0.4, 0.5) is 5.82 Å². The molecule has 3 heterocycles. The Morgan fingerprint density at radius 3 is 2.62 bits per heavy atom. The fourth-order valence-electron chi connectivity index (χ4n) is 4.49. The summed E-state index contributed by atoms with van der Waals surface area (Å²) in [4.78, 5) is 16.5. The minimum Gasteiger partial charge on any atom is -0.390 e. The van der Waals surface area contributed by atoms with Gasteiger partial charge < -0.3 is 10.0 Å². The van der Waals surface area contributed by atoms with Gasteiger partial charge in [0.25, 0.3) is 0 Å². The van der Waals surface area contributed by atoms with Crippen LogP contribution in [0.15, 0.2) is 22.2 Å². The van der Waals surface area contributed by atoms with E-state index in [9.17, 15) is 5.11 Å². The number of aryl methyl sites for hydroxylation is 1. The van der Waals surface area contributed by atoms with E-state index in [1.54, 1.807) is 12.3 Å². The molecule has 8 heteroatoms. The molecular weight excluding hydrogens is 406 g/mol. The third-order valence-corrected chi connectivity index (χ3v) is 7.82. The van der Waals surface area contributed by atoms with E-state index in [0.717, 1.165) is 24.6 Å². The molecule has 1 N–H and O–H groups in total. The molecule has 29 heavy (non-hydrogen) atoms. The molecule has 1 saturated heterocycles. The molecule has 6 nitrogen and oxygen atoms in total. The molecule has 2 aromatic heterocycles. The number of anilines is 1. The summed E-state index contributed by atoms with van der Waals surface area (Å²) in [7, 11) is 0. The number of hydrogen-bond acceptors (Lipinski definition) is 7. The summed E-state index contributed by atoms with van der Waals surface area (Å²) in [6.07, 6.45) is 9.37. The molecule has 0 atom stereocenters. The Labute approximate surface area is 180 Å². The lowest BCUT2D eigenvalue weighted by Gasteiger charge is -2.40. The van der Waals surface area contributed by atoms with Gasteiger partial charge in [0.1, 0.15) is 16.8 Å². The molecule has 0 amide bonds. The zero-order valence-corrected chi connectivity index (χ0v) is 18.1. The minimum atomic E-state index is -0.161. The van der Waals surface area contributed by atoms with Crippen LogP contribution in [0.2, 0.25) is 5.02 Å². The SMILES string of the molecule is Cc1nc(N2CCC3(CCCC3)CC2)c(CO)nc1Sc1ccnc(C#N)c1Cl. The summed E-state index contributed by atoms with van der Waals surface area (Å²) in [5, 5.41) is 20.1. The molecule has 4 rings (SSSR count). The van der Waals surface area contributed by atoms with Crippen LogP contribution in [0.5, 0.6) is 0 Å². The Kier molecular flexibility index (Phi) is 5.95. The Morgan fingerprint density at radius 2 is 1.97 bits per heavy atom. The van der Waals surface area contributed by atoms with Gasteiger partial charge in [-0.25, -0.2) is 15.0 Å². The fraction of sp³-hybridized carbons (Fsp3) is 0.524. The van der Waals surface area contributed by atoms with Crippen molar-refractivity contribution in [1.82, 2.24) is 15.0 Å². The van der Waals surface area contributed by atoms with Gasteiger partial charge in [-0.05, 0) is 44.1 Å². The van der Waals surface area contributed by atoms with Gasteiger partial charge >= 0.3 is 0 Å². The van der Waals surface area contributed by atoms with Gasteiger partial charge in [-0.2, -0.15) is 5.26 Å². The fourth-order valence-corrected chi connectivity index (χ4v) is 5.63. The number of aromatic nitrogens is 3. The summed E-state index contributed by atoms with van der Waals surface area (Å²) < 4.78 is 0. The zero-order chi connectivity index (χ0) is 20.4. The number of nitriles is 1. The van der Waals surface area contributed by atoms with Crippen LogP contribution in [-0.4, -0.2) is 33.1 Å². The second-order valence-electron chi connectivity index (χ2n) is 7.92. The van der Waals surface area contributed by atoms with Crippen LogP contribution >= 0.6 is 23.4 Å². The first-order valence-corrected chi connectivity index (χ1v) is 11.2. The molecule has 1 aliphatic carbocycles. The summed E-state index contributed by atoms with van der Waals surface area (Å²) in [5.74, 6) is 0.792. The minimum absolute atomic E-state index is 0.161. The molecular formula is C21H24ClN5OS. The van der Waals surface area contributed by atoms with Crippen LogP contribution in [0, 0.1) is 23.7 Å². The first-order valence-electron chi connectivity index (χ1n) is 10.0. The summed E-state index contributed by atoms with van der Waals surface area (Å²) in [6, 6.07) is 3.75. The molecule has 2 fully saturated rings. The van der Waals surface area contributed by atoms with Crippen molar-refractivity contribution in [2.24, 2.45) is 5.41 Å². The monoisotopic (exact) mass is 429 g/mol. The maximum absolute atomic E-state index is 9.95. The molecule has 0 aromatic carbocycles. The second-order valence-corrected chi connectivity index (χ2v) is 9.33. The molecule has 0 bridgehead atoms. The molecule has 1 aliphatic heterocycles. The van der Waals surface area contributed by atoms with Gasteiger partial charge in [-0.15, -0.1) is 0 Å². The van der Waals surface area contributed by atoms with E-state index in [-0.39, 0.29) is 12.3 Å². The van der Waals surface area contributed by atoms with Crippen molar-refractivity contribution >= 4 is 29.2 Å². The van der Waals surface area contributed by atoms with E-state index in [2.05, 4.69) is 9.88 Å². The maximum atomic E-state index is 9.95. The Bertz CT molecular complexity index is 945. The van der Waals surface area contributed by atoms with E-state index in [4.69, 9.17) is 26.8 Å². The van der Waals surface area contributed by atoms with Gasteiger partial charge in [0, 0.05) is 24.2 Å². The molecule has 2 aliphatic rings. The molecule has 2 aromatic rings. The van der Waals surface area contributed by atoms with E-state index in [0.29, 0.717) is 26.1 Å². The number of piperidine rings is 1. The first kappa shape index (κ1) is 20.4. The van der Waals surface area contributed by atoms with Crippen molar-refractivity contribution in [2.75, 3.05) is 18.0 Å². The molecule has 1 saturated carbocycles. The first-order chi connectivity index (χ1) is 14.0. The topological polar surface area (TPSA) is 85.9 Å². The number of aliphatic hydroxyl groups is 1. The van der Waals surface area contributed by atoms with Gasteiger partial charge in [0.05, 0.1) is 17.3 Å². The lowest BCUT2D eigenvalue weighted by Crippen LogP contribution is -2.40. The number of pyridine rings is 1. The number of rotatable bonds is 4. The highest BCUT2D eigenvalue weighted by molar-refractivity contribution is 7.99. The van der Waals surface area contributed by atoms with Crippen molar-refractivity contribution in [3.8, 4) is 6.07 Å². The van der Waals surface area contributed by atoms with Gasteiger partial charge in [0.15, 0.2) is 11.5 Å². The number of nitrogens with zero attached hydrogens (tertiary/aromatic N) is 5. The van der Waals surface area contributed by atoms with Crippen molar-refractivity contribution in [3.05, 3.63) is 34.4 Å². The number of halogens is 1. The Balaban J connectivity index is 1.57. The highest BCUT2D eigenvalue weighted by Gasteiger charge is 2.37. The Hall–Kier alpha value is -1.88. The molecule has 0 unspecified atom stereocenters. The lowest BCUT2D eigenvalue weighted by atomic mass is 9.77. The quantitative estimate of drug-likeness (QED) is 0.765. The number of hydrogen-bond donors (Lipinski definition) is 1. The number of aliphatic hydroxyl groups excluding tert-OH is 1. The largest absolute Gasteiger partial charge is 0.390 e. The summed E-state index contributed by atoms with van der Waals surface area (Å²) in [5.41, 5.74) is 2.10. The normalized spacial score (nSPS) is 18.2. The summed E-state index contributed by atoms with van der Waals surface area (Å²) >= 11 is 7.63. The van der Waals surface area contributed by atoms with Gasteiger partial charge in [0.2, 0.25) is 0 Å². The van der Waals surface area contributed by atoms with Crippen LogP contribution < -0.4 is 4.90 Å². The van der Waals surface area contributed by atoms with E-state index in [1.807, 2.05) is 13.0 Å². The van der Waals surface area contributed by atoms with Crippen LogP contribution in [0.3, 0.4) is 0 Å². The molecule has 1 spiro atoms. The van der Waals surface area contributed by atoms with Crippen molar-refractivity contribution < 1.29 is 5.11 Å². The third kappa shape index (κ3) is 4.07. The maximum Gasteiger partial charge on any atom is 0.160 e. The average molecular weight is 430 g/mol. The molecule has 152 valence electrons. The smallest absolute Gasteiger partial charge is 0.160 e. The van der Waals surface area contributed by atoms with Crippen molar-refractivity contribution in [3.63, 3.8) is 0 Å². The van der Waals surface area contributed by atoms with E-state index >= 15 is 0 Å². The predicted octanol–water partition coefficient (Wildman–Crippen LogP) is 4.51.